The Labute approximate surface area is 193 Å². The summed E-state index contributed by atoms with van der Waals surface area (Å²) in [7, 11) is 3.24. The van der Waals surface area contributed by atoms with Gasteiger partial charge in [-0.3, -0.25) is 9.59 Å². The van der Waals surface area contributed by atoms with Gasteiger partial charge in [-0.2, -0.15) is 0 Å². The zero-order chi connectivity index (χ0) is 22.9. The molecule has 8 heteroatoms. The summed E-state index contributed by atoms with van der Waals surface area (Å²) in [6.07, 6.45) is 1.88. The van der Waals surface area contributed by atoms with Crippen LogP contribution in [0.25, 0.3) is 0 Å². The Kier molecular flexibility index (Phi) is 8.93. The first-order chi connectivity index (χ1) is 15.6. The van der Waals surface area contributed by atoms with Crippen LogP contribution in [0.2, 0.25) is 0 Å². The van der Waals surface area contributed by atoms with Crippen molar-refractivity contribution < 1.29 is 23.8 Å². The maximum absolute atomic E-state index is 13.4. The van der Waals surface area contributed by atoms with Crippen LogP contribution in [0.15, 0.2) is 35.7 Å². The van der Waals surface area contributed by atoms with Crippen LogP contribution in [0.5, 0.6) is 11.5 Å². The molecule has 7 nitrogen and oxygen atoms in total. The quantitative estimate of drug-likeness (QED) is 0.480. The summed E-state index contributed by atoms with van der Waals surface area (Å²) in [4.78, 5) is 30.6. The minimum Gasteiger partial charge on any atom is -0.493 e. The first-order valence-electron chi connectivity index (χ1n) is 11.0. The number of nitrogens with zero attached hydrogens (tertiary/aromatic N) is 2. The standard InChI is InChI=1S/C24H32N2O5S/c1-4-23(27)25(12-7-14-29-2)16-24(28)26-13-10-22-18(11-15-32-22)19(26)17-31-21-9-6-5-8-20(21)30-3/h5-6,8-9,11,15,19H,4,7,10,12-14,16-17H2,1-3H3/t19-/m1/s1. The van der Waals surface area contributed by atoms with Gasteiger partial charge in [0.05, 0.1) is 19.7 Å². The van der Waals surface area contributed by atoms with Crippen LogP contribution in [-0.2, 0) is 20.7 Å². The highest BCUT2D eigenvalue weighted by atomic mass is 32.1. The zero-order valence-corrected chi connectivity index (χ0v) is 19.9. The van der Waals surface area contributed by atoms with Crippen molar-refractivity contribution in [2.75, 3.05) is 47.1 Å². The van der Waals surface area contributed by atoms with E-state index in [0.29, 0.717) is 50.6 Å². The molecular weight excluding hydrogens is 428 g/mol. The van der Waals surface area contributed by atoms with E-state index in [9.17, 15) is 9.59 Å². The van der Waals surface area contributed by atoms with Crippen LogP contribution in [0.4, 0.5) is 0 Å². The minimum atomic E-state index is -0.208. The fourth-order valence-corrected chi connectivity index (χ4v) is 4.88. The van der Waals surface area contributed by atoms with Gasteiger partial charge < -0.3 is 24.0 Å². The van der Waals surface area contributed by atoms with Gasteiger partial charge in [0.15, 0.2) is 11.5 Å². The summed E-state index contributed by atoms with van der Waals surface area (Å²) in [5.74, 6) is 1.22. The van der Waals surface area contributed by atoms with Crippen LogP contribution in [0, 0.1) is 0 Å². The maximum atomic E-state index is 13.4. The van der Waals surface area contributed by atoms with Crippen LogP contribution in [0.3, 0.4) is 0 Å². The van der Waals surface area contributed by atoms with E-state index in [1.165, 1.54) is 4.88 Å². The number of methoxy groups -OCH3 is 2. The lowest BCUT2D eigenvalue weighted by Gasteiger charge is -2.37. The first-order valence-corrected chi connectivity index (χ1v) is 11.8. The van der Waals surface area contributed by atoms with Gasteiger partial charge in [0.1, 0.15) is 6.61 Å². The molecule has 1 atom stereocenters. The fraction of sp³-hybridized carbons (Fsp3) is 0.500. The van der Waals surface area contributed by atoms with Crippen LogP contribution in [0.1, 0.15) is 36.2 Å². The molecule has 174 valence electrons. The molecule has 2 amide bonds. The van der Waals surface area contributed by atoms with Crippen molar-refractivity contribution in [1.82, 2.24) is 9.80 Å². The second-order valence-corrected chi connectivity index (χ2v) is 8.63. The third-order valence-corrected chi connectivity index (χ3v) is 6.64. The minimum absolute atomic E-state index is 0.0236. The monoisotopic (exact) mass is 460 g/mol. The van der Waals surface area contributed by atoms with Gasteiger partial charge >= 0.3 is 0 Å². The first kappa shape index (κ1) is 24.1. The third kappa shape index (κ3) is 5.81. The molecule has 2 heterocycles. The molecule has 0 N–H and O–H groups in total. The molecule has 0 radical (unpaired) electrons. The van der Waals surface area contributed by atoms with Crippen molar-refractivity contribution in [2.24, 2.45) is 0 Å². The molecule has 1 aromatic heterocycles. The van der Waals surface area contributed by atoms with Gasteiger partial charge in [-0.05, 0) is 42.0 Å². The number of ether oxygens (including phenoxy) is 3. The molecule has 0 fully saturated rings. The Hall–Kier alpha value is -2.58. The molecule has 0 spiro atoms. The zero-order valence-electron chi connectivity index (χ0n) is 19.0. The van der Waals surface area contributed by atoms with Gasteiger partial charge in [0, 0.05) is 38.1 Å². The van der Waals surface area contributed by atoms with Crippen molar-refractivity contribution in [3.63, 3.8) is 0 Å². The summed E-state index contributed by atoms with van der Waals surface area (Å²) in [5, 5.41) is 2.06. The average Bonchev–Trinajstić information content (AvgIpc) is 3.30. The molecule has 1 aromatic carbocycles. The predicted octanol–water partition coefficient (Wildman–Crippen LogP) is 3.54. The number of thiophene rings is 1. The number of hydrogen-bond acceptors (Lipinski definition) is 6. The lowest BCUT2D eigenvalue weighted by atomic mass is 10.0. The number of para-hydroxylation sites is 2. The van der Waals surface area contributed by atoms with Crippen molar-refractivity contribution in [2.45, 2.75) is 32.2 Å². The number of rotatable bonds is 11. The molecule has 0 aliphatic carbocycles. The van der Waals surface area contributed by atoms with E-state index in [1.807, 2.05) is 36.1 Å². The van der Waals surface area contributed by atoms with E-state index < -0.39 is 0 Å². The van der Waals surface area contributed by atoms with E-state index in [0.717, 1.165) is 12.0 Å². The van der Waals surface area contributed by atoms with Gasteiger partial charge in [0.25, 0.3) is 0 Å². The van der Waals surface area contributed by atoms with Crippen molar-refractivity contribution >= 4 is 23.2 Å². The van der Waals surface area contributed by atoms with Gasteiger partial charge in [0.2, 0.25) is 11.8 Å². The SMILES string of the molecule is CCC(=O)N(CCCOC)CC(=O)N1CCc2sccc2[C@H]1COc1ccccc1OC. The summed E-state index contributed by atoms with van der Waals surface area (Å²) in [5.41, 5.74) is 1.12. The molecule has 3 rings (SSSR count). The molecule has 0 bridgehead atoms. The van der Waals surface area contributed by atoms with Crippen molar-refractivity contribution in [3.8, 4) is 11.5 Å². The Bertz CT molecular complexity index is 900. The Morgan fingerprint density at radius 1 is 1.19 bits per heavy atom. The lowest BCUT2D eigenvalue weighted by molar-refractivity contribution is -0.142. The Morgan fingerprint density at radius 3 is 2.69 bits per heavy atom. The smallest absolute Gasteiger partial charge is 0.242 e. The Balaban J connectivity index is 1.75. The fourth-order valence-electron chi connectivity index (χ4n) is 3.95. The van der Waals surface area contributed by atoms with Crippen molar-refractivity contribution in [3.05, 3.63) is 46.2 Å². The molecule has 2 aromatic rings. The van der Waals surface area contributed by atoms with E-state index in [4.69, 9.17) is 14.2 Å². The highest BCUT2D eigenvalue weighted by Gasteiger charge is 2.33. The van der Waals surface area contributed by atoms with E-state index in [2.05, 4.69) is 11.4 Å². The molecule has 0 unspecified atom stereocenters. The average molecular weight is 461 g/mol. The number of carbonyl (C=O) groups excluding carboxylic acids is 2. The van der Waals surface area contributed by atoms with Gasteiger partial charge in [-0.1, -0.05) is 19.1 Å². The van der Waals surface area contributed by atoms with E-state index >= 15 is 0 Å². The highest BCUT2D eigenvalue weighted by Crippen LogP contribution is 2.35. The molecule has 32 heavy (non-hydrogen) atoms. The number of benzene rings is 1. The molecular formula is C24H32N2O5S. The summed E-state index contributed by atoms with van der Waals surface area (Å²) >= 11 is 1.71. The topological polar surface area (TPSA) is 68.3 Å². The molecule has 0 saturated carbocycles. The molecule has 0 saturated heterocycles. The van der Waals surface area contributed by atoms with Gasteiger partial charge in [-0.15, -0.1) is 11.3 Å². The van der Waals surface area contributed by atoms with Crippen molar-refractivity contribution in [1.29, 1.82) is 0 Å². The third-order valence-electron chi connectivity index (χ3n) is 5.64. The van der Waals surface area contributed by atoms with Crippen LogP contribution < -0.4 is 9.47 Å². The maximum Gasteiger partial charge on any atom is 0.242 e. The second kappa shape index (κ2) is 11.9. The number of carbonyl (C=O) groups is 2. The Morgan fingerprint density at radius 2 is 1.97 bits per heavy atom. The van der Waals surface area contributed by atoms with Gasteiger partial charge in [-0.25, -0.2) is 0 Å². The lowest BCUT2D eigenvalue weighted by Crippen LogP contribution is -2.48. The van der Waals surface area contributed by atoms with E-state index in [1.54, 1.807) is 30.5 Å². The van der Waals surface area contributed by atoms with Crippen LogP contribution >= 0.6 is 11.3 Å². The summed E-state index contributed by atoms with van der Waals surface area (Å²) in [6.45, 7) is 3.88. The number of amides is 2. The number of hydrogen-bond donors (Lipinski definition) is 0. The second-order valence-electron chi connectivity index (χ2n) is 7.63. The normalized spacial score (nSPS) is 15.2. The predicted molar refractivity (Wildman–Crippen MR) is 124 cm³/mol. The highest BCUT2D eigenvalue weighted by molar-refractivity contribution is 7.10. The number of fused-ring (bicyclic) bond motifs is 1. The molecule has 1 aliphatic rings. The largest absolute Gasteiger partial charge is 0.493 e. The summed E-state index contributed by atoms with van der Waals surface area (Å²) in [6, 6.07) is 9.36. The summed E-state index contributed by atoms with van der Waals surface area (Å²) < 4.78 is 16.6. The van der Waals surface area contributed by atoms with E-state index in [-0.39, 0.29) is 24.4 Å². The molecule has 1 aliphatic heterocycles. The van der Waals surface area contributed by atoms with Crippen LogP contribution in [-0.4, -0.2) is 68.7 Å².